The maximum Gasteiger partial charge on any atom is 0.235 e. The second-order valence-electron chi connectivity index (χ2n) is 5.42. The number of thiophene rings is 1. The molecule has 3 aromatic heterocycles. The number of nitrogens with one attached hydrogen (secondary N) is 1. The third kappa shape index (κ3) is 3.53. The topological polar surface area (TPSA) is 96.5 Å². The molecule has 0 saturated heterocycles. The fourth-order valence-electron chi connectivity index (χ4n) is 2.49. The van der Waals surface area contributed by atoms with Gasteiger partial charge in [0.15, 0.2) is 5.65 Å². The quantitative estimate of drug-likeness (QED) is 0.413. The van der Waals surface area contributed by atoms with Crippen LogP contribution in [0.1, 0.15) is 5.56 Å². The van der Waals surface area contributed by atoms with E-state index in [1.807, 2.05) is 30.3 Å². The van der Waals surface area contributed by atoms with Gasteiger partial charge in [-0.25, -0.2) is 14.6 Å². The molecule has 27 heavy (non-hydrogen) atoms. The minimum Gasteiger partial charge on any atom is -0.316 e. The Morgan fingerprint density at radius 1 is 1.26 bits per heavy atom. The maximum absolute atomic E-state index is 12.2. The van der Waals surface area contributed by atoms with Gasteiger partial charge in [0.2, 0.25) is 5.91 Å². The highest BCUT2D eigenvalue weighted by Gasteiger charge is 2.14. The van der Waals surface area contributed by atoms with E-state index in [0.717, 1.165) is 11.1 Å². The molecule has 1 amide bonds. The average Bonchev–Trinajstić information content (AvgIpc) is 3.33. The summed E-state index contributed by atoms with van der Waals surface area (Å²) in [6, 6.07) is 13.4. The van der Waals surface area contributed by atoms with Gasteiger partial charge in [0, 0.05) is 0 Å². The van der Waals surface area contributed by atoms with Crippen molar-refractivity contribution in [3.05, 3.63) is 59.9 Å². The van der Waals surface area contributed by atoms with Crippen LogP contribution in [0.25, 0.3) is 16.7 Å². The predicted molar refractivity (Wildman–Crippen MR) is 105 cm³/mol. The molecule has 0 aliphatic heterocycles. The number of benzene rings is 1. The minimum absolute atomic E-state index is 0.172. The molecule has 3 heterocycles. The Kier molecular flexibility index (Phi) is 4.82. The largest absolute Gasteiger partial charge is 0.316 e. The zero-order valence-electron chi connectivity index (χ0n) is 13.9. The van der Waals surface area contributed by atoms with Crippen molar-refractivity contribution in [3.63, 3.8) is 0 Å². The average molecular weight is 392 g/mol. The summed E-state index contributed by atoms with van der Waals surface area (Å²) in [6.45, 7) is 0. The van der Waals surface area contributed by atoms with E-state index >= 15 is 0 Å². The summed E-state index contributed by atoms with van der Waals surface area (Å²) in [5.41, 5.74) is 2.05. The molecule has 0 spiro atoms. The van der Waals surface area contributed by atoms with Gasteiger partial charge in [0.25, 0.3) is 0 Å². The molecule has 0 fully saturated rings. The van der Waals surface area contributed by atoms with Crippen LogP contribution in [0.3, 0.4) is 0 Å². The van der Waals surface area contributed by atoms with E-state index in [1.165, 1.54) is 29.4 Å². The highest BCUT2D eigenvalue weighted by atomic mass is 32.2. The molecule has 0 aliphatic carbocycles. The summed E-state index contributed by atoms with van der Waals surface area (Å²) in [5, 5.41) is 20.0. The molecule has 1 N–H and O–H groups in total. The van der Waals surface area contributed by atoms with Gasteiger partial charge in [-0.15, -0.1) is 11.3 Å². The van der Waals surface area contributed by atoms with Crippen molar-refractivity contribution in [2.45, 2.75) is 5.03 Å². The molecular formula is C18H12N6OS2. The Hall–Kier alpha value is -3.22. The van der Waals surface area contributed by atoms with Crippen molar-refractivity contribution in [2.24, 2.45) is 0 Å². The van der Waals surface area contributed by atoms with Crippen LogP contribution < -0.4 is 5.32 Å². The lowest BCUT2D eigenvalue weighted by Crippen LogP contribution is -2.13. The highest BCUT2D eigenvalue weighted by Crippen LogP contribution is 2.27. The van der Waals surface area contributed by atoms with Crippen molar-refractivity contribution in [1.82, 2.24) is 19.7 Å². The molecule has 0 unspecified atom stereocenters. The van der Waals surface area contributed by atoms with E-state index in [-0.39, 0.29) is 11.7 Å². The number of hydrogen-bond donors (Lipinski definition) is 1. The van der Waals surface area contributed by atoms with Crippen LogP contribution >= 0.6 is 23.1 Å². The first-order chi connectivity index (χ1) is 13.3. The minimum atomic E-state index is -0.193. The number of para-hydroxylation sites is 1. The summed E-state index contributed by atoms with van der Waals surface area (Å²) < 4.78 is 1.74. The van der Waals surface area contributed by atoms with Crippen LogP contribution in [0, 0.1) is 11.3 Å². The number of aromatic nitrogens is 4. The highest BCUT2D eigenvalue weighted by molar-refractivity contribution is 8.00. The molecule has 132 valence electrons. The molecule has 7 nitrogen and oxygen atoms in total. The number of fused-ring (bicyclic) bond motifs is 1. The second kappa shape index (κ2) is 7.57. The number of anilines is 1. The van der Waals surface area contributed by atoms with E-state index in [2.05, 4.69) is 26.5 Å². The van der Waals surface area contributed by atoms with Crippen molar-refractivity contribution in [1.29, 1.82) is 5.26 Å². The zero-order valence-corrected chi connectivity index (χ0v) is 15.5. The lowest BCUT2D eigenvalue weighted by Gasteiger charge is -2.05. The number of thioether (sulfide) groups is 1. The Morgan fingerprint density at radius 2 is 2.11 bits per heavy atom. The Bertz CT molecular complexity index is 1150. The van der Waals surface area contributed by atoms with Gasteiger partial charge in [-0.3, -0.25) is 4.79 Å². The molecule has 4 aromatic rings. The van der Waals surface area contributed by atoms with Crippen molar-refractivity contribution < 1.29 is 4.79 Å². The predicted octanol–water partition coefficient (Wildman–Crippen LogP) is 3.48. The zero-order chi connectivity index (χ0) is 18.6. The van der Waals surface area contributed by atoms with Gasteiger partial charge in [-0.2, -0.15) is 10.4 Å². The van der Waals surface area contributed by atoms with Crippen LogP contribution in [0.15, 0.2) is 59.3 Å². The maximum atomic E-state index is 12.2. The first-order valence-electron chi connectivity index (χ1n) is 7.90. The van der Waals surface area contributed by atoms with Crippen molar-refractivity contribution in [3.8, 4) is 11.8 Å². The molecule has 0 radical (unpaired) electrons. The summed E-state index contributed by atoms with van der Waals surface area (Å²) in [7, 11) is 0. The van der Waals surface area contributed by atoms with Crippen molar-refractivity contribution in [2.75, 3.05) is 11.1 Å². The molecule has 0 saturated carbocycles. The summed E-state index contributed by atoms with van der Waals surface area (Å²) in [6.07, 6.45) is 3.17. The number of nitriles is 1. The van der Waals surface area contributed by atoms with Gasteiger partial charge in [0.05, 0.1) is 28.6 Å². The Labute approximate surface area is 162 Å². The van der Waals surface area contributed by atoms with Gasteiger partial charge in [-0.05, 0) is 23.6 Å². The molecule has 0 atom stereocenters. The SMILES string of the molecule is N#Cc1ccsc1NC(=O)CSc1ncnc2c1cnn2-c1ccccc1. The molecular weight excluding hydrogens is 380 g/mol. The normalized spacial score (nSPS) is 10.6. The second-order valence-corrected chi connectivity index (χ2v) is 7.30. The van der Waals surface area contributed by atoms with Crippen LogP contribution in [-0.4, -0.2) is 31.4 Å². The Balaban J connectivity index is 1.52. The van der Waals surface area contributed by atoms with E-state index in [0.29, 0.717) is 21.2 Å². The van der Waals surface area contributed by atoms with Crippen LogP contribution in [0.5, 0.6) is 0 Å². The first-order valence-corrected chi connectivity index (χ1v) is 9.77. The number of nitrogens with zero attached hydrogens (tertiary/aromatic N) is 5. The van der Waals surface area contributed by atoms with Crippen LogP contribution in [0.4, 0.5) is 5.00 Å². The number of amides is 1. The van der Waals surface area contributed by atoms with Gasteiger partial charge in [0.1, 0.15) is 22.4 Å². The van der Waals surface area contributed by atoms with E-state index < -0.39 is 0 Å². The van der Waals surface area contributed by atoms with E-state index in [4.69, 9.17) is 5.26 Å². The van der Waals surface area contributed by atoms with Crippen molar-refractivity contribution >= 4 is 45.0 Å². The molecule has 1 aromatic carbocycles. The smallest absolute Gasteiger partial charge is 0.235 e. The van der Waals surface area contributed by atoms with Gasteiger partial charge < -0.3 is 5.32 Å². The third-order valence-electron chi connectivity index (χ3n) is 3.71. The van der Waals surface area contributed by atoms with E-state index in [1.54, 1.807) is 22.3 Å². The first kappa shape index (κ1) is 17.2. The lowest BCUT2D eigenvalue weighted by atomic mass is 10.3. The number of hydrogen-bond acceptors (Lipinski definition) is 7. The third-order valence-corrected chi connectivity index (χ3v) is 5.54. The van der Waals surface area contributed by atoms with Crippen LogP contribution in [0.2, 0.25) is 0 Å². The Morgan fingerprint density at radius 3 is 2.93 bits per heavy atom. The fourth-order valence-corrected chi connectivity index (χ4v) is 4.00. The van der Waals surface area contributed by atoms with Crippen LogP contribution in [-0.2, 0) is 4.79 Å². The van der Waals surface area contributed by atoms with E-state index in [9.17, 15) is 4.79 Å². The molecule has 4 rings (SSSR count). The molecule has 0 bridgehead atoms. The number of carbonyl (C=O) groups is 1. The van der Waals surface area contributed by atoms with Gasteiger partial charge in [-0.1, -0.05) is 30.0 Å². The molecule has 9 heteroatoms. The summed E-state index contributed by atoms with van der Waals surface area (Å²) in [5.74, 6) is -0.0213. The summed E-state index contributed by atoms with van der Waals surface area (Å²) >= 11 is 2.63. The lowest BCUT2D eigenvalue weighted by molar-refractivity contribution is -0.113. The number of carbonyl (C=O) groups excluding carboxylic acids is 1. The fraction of sp³-hybridized carbons (Fsp3) is 0.0556. The summed E-state index contributed by atoms with van der Waals surface area (Å²) in [4.78, 5) is 20.8. The molecule has 0 aliphatic rings. The van der Waals surface area contributed by atoms with Gasteiger partial charge >= 0.3 is 0 Å². The monoisotopic (exact) mass is 392 g/mol. The number of rotatable bonds is 5. The standard InChI is InChI=1S/C18H12N6OS2/c19-8-12-6-7-26-17(12)23-15(25)10-27-18-14-9-22-24(16(14)20-11-21-18)13-4-2-1-3-5-13/h1-7,9,11H,10H2,(H,23,25).